The van der Waals surface area contributed by atoms with Crippen molar-refractivity contribution in [2.75, 3.05) is 18.4 Å². The van der Waals surface area contributed by atoms with Crippen LogP contribution in [0.4, 0.5) is 5.69 Å². The number of nitrogens with one attached hydrogen (secondary N) is 2. The van der Waals surface area contributed by atoms with E-state index in [1.165, 1.54) is 18.2 Å². The SMILES string of the molecule is CC1CNCC1C(=O)Nc1cc(C(N)=O)cc(C(N)=O)c1. The molecule has 1 fully saturated rings. The summed E-state index contributed by atoms with van der Waals surface area (Å²) in [4.78, 5) is 34.7. The zero-order valence-corrected chi connectivity index (χ0v) is 11.7. The van der Waals surface area contributed by atoms with Gasteiger partial charge in [-0.3, -0.25) is 14.4 Å². The maximum atomic E-state index is 12.2. The van der Waals surface area contributed by atoms with Gasteiger partial charge in [0.25, 0.3) is 0 Å². The second-order valence-corrected chi connectivity index (χ2v) is 5.26. The number of benzene rings is 1. The van der Waals surface area contributed by atoms with E-state index in [1.807, 2.05) is 6.92 Å². The Morgan fingerprint density at radius 3 is 2.10 bits per heavy atom. The molecule has 112 valence electrons. The van der Waals surface area contributed by atoms with E-state index in [0.29, 0.717) is 12.2 Å². The Labute approximate surface area is 122 Å². The van der Waals surface area contributed by atoms with Gasteiger partial charge in [0.2, 0.25) is 17.7 Å². The number of hydrogen-bond acceptors (Lipinski definition) is 4. The Morgan fingerprint density at radius 2 is 1.67 bits per heavy atom. The minimum Gasteiger partial charge on any atom is -0.366 e. The highest BCUT2D eigenvalue weighted by molar-refractivity contribution is 6.02. The zero-order valence-electron chi connectivity index (χ0n) is 11.7. The first kappa shape index (κ1) is 15.0. The molecular formula is C14H18N4O3. The molecule has 2 atom stereocenters. The van der Waals surface area contributed by atoms with Gasteiger partial charge >= 0.3 is 0 Å². The quantitative estimate of drug-likeness (QED) is 0.606. The number of amides is 3. The number of primary amides is 2. The van der Waals surface area contributed by atoms with Crippen molar-refractivity contribution < 1.29 is 14.4 Å². The van der Waals surface area contributed by atoms with Crippen LogP contribution in [0.5, 0.6) is 0 Å². The average molecular weight is 290 g/mol. The first-order valence-electron chi connectivity index (χ1n) is 6.64. The van der Waals surface area contributed by atoms with Crippen molar-refractivity contribution in [1.29, 1.82) is 0 Å². The molecule has 1 aliphatic heterocycles. The normalized spacial score (nSPS) is 21.0. The van der Waals surface area contributed by atoms with Gasteiger partial charge < -0.3 is 22.1 Å². The van der Waals surface area contributed by atoms with Crippen molar-refractivity contribution in [2.45, 2.75) is 6.92 Å². The van der Waals surface area contributed by atoms with Crippen molar-refractivity contribution in [3.63, 3.8) is 0 Å². The molecule has 0 aromatic heterocycles. The number of carbonyl (C=O) groups is 3. The first-order chi connectivity index (χ1) is 9.88. The lowest BCUT2D eigenvalue weighted by Gasteiger charge is -2.15. The van der Waals surface area contributed by atoms with Gasteiger partial charge in [-0.1, -0.05) is 6.92 Å². The molecule has 1 saturated heterocycles. The fourth-order valence-corrected chi connectivity index (χ4v) is 2.38. The molecule has 1 heterocycles. The van der Waals surface area contributed by atoms with E-state index in [-0.39, 0.29) is 28.9 Å². The Balaban J connectivity index is 2.24. The third kappa shape index (κ3) is 3.38. The summed E-state index contributed by atoms with van der Waals surface area (Å²) < 4.78 is 0. The highest BCUT2D eigenvalue weighted by Gasteiger charge is 2.29. The molecular weight excluding hydrogens is 272 g/mol. The molecule has 0 spiro atoms. The maximum absolute atomic E-state index is 12.2. The second-order valence-electron chi connectivity index (χ2n) is 5.26. The second kappa shape index (κ2) is 5.92. The highest BCUT2D eigenvalue weighted by atomic mass is 16.2. The van der Waals surface area contributed by atoms with Gasteiger partial charge in [0.05, 0.1) is 5.92 Å². The predicted octanol–water partition coefficient (Wildman–Crippen LogP) is -0.322. The van der Waals surface area contributed by atoms with Gasteiger partial charge in [-0.05, 0) is 30.7 Å². The molecule has 1 aromatic carbocycles. The van der Waals surface area contributed by atoms with Crippen molar-refractivity contribution in [1.82, 2.24) is 5.32 Å². The van der Waals surface area contributed by atoms with Crippen LogP contribution >= 0.6 is 0 Å². The lowest BCUT2D eigenvalue weighted by Crippen LogP contribution is -2.28. The molecule has 2 rings (SSSR count). The van der Waals surface area contributed by atoms with Crippen LogP contribution in [0.3, 0.4) is 0 Å². The number of hydrogen-bond donors (Lipinski definition) is 4. The molecule has 1 aliphatic rings. The van der Waals surface area contributed by atoms with Gasteiger partial charge in [-0.2, -0.15) is 0 Å². The molecule has 21 heavy (non-hydrogen) atoms. The molecule has 2 unspecified atom stereocenters. The van der Waals surface area contributed by atoms with Crippen LogP contribution in [0.2, 0.25) is 0 Å². The van der Waals surface area contributed by atoms with E-state index in [2.05, 4.69) is 10.6 Å². The highest BCUT2D eigenvalue weighted by Crippen LogP contribution is 2.20. The van der Waals surface area contributed by atoms with Crippen LogP contribution in [-0.4, -0.2) is 30.8 Å². The summed E-state index contributed by atoms with van der Waals surface area (Å²) in [6.45, 7) is 3.37. The third-order valence-electron chi connectivity index (χ3n) is 3.62. The molecule has 0 bridgehead atoms. The fourth-order valence-electron chi connectivity index (χ4n) is 2.38. The summed E-state index contributed by atoms with van der Waals surface area (Å²) in [5, 5.41) is 5.85. The van der Waals surface area contributed by atoms with Crippen molar-refractivity contribution in [2.24, 2.45) is 23.3 Å². The van der Waals surface area contributed by atoms with Gasteiger partial charge in [-0.15, -0.1) is 0 Å². The van der Waals surface area contributed by atoms with E-state index in [4.69, 9.17) is 11.5 Å². The van der Waals surface area contributed by atoms with E-state index < -0.39 is 11.8 Å². The molecule has 1 aromatic rings. The standard InChI is InChI=1S/C14H18N4O3/c1-7-5-17-6-11(7)14(21)18-10-3-8(12(15)19)2-9(4-10)13(16)20/h2-4,7,11,17H,5-6H2,1H3,(H2,15,19)(H2,16,20)(H,18,21). The smallest absolute Gasteiger partial charge is 0.248 e. The minimum absolute atomic E-state index is 0.124. The lowest BCUT2D eigenvalue weighted by atomic mass is 9.97. The number of anilines is 1. The van der Waals surface area contributed by atoms with E-state index in [1.54, 1.807) is 0 Å². The van der Waals surface area contributed by atoms with Crippen LogP contribution in [0.25, 0.3) is 0 Å². The van der Waals surface area contributed by atoms with Crippen molar-refractivity contribution in [3.8, 4) is 0 Å². The summed E-state index contributed by atoms with van der Waals surface area (Å²) in [7, 11) is 0. The molecule has 0 saturated carbocycles. The van der Waals surface area contributed by atoms with Gasteiger partial charge in [0, 0.05) is 23.4 Å². The Kier molecular flexibility index (Phi) is 4.23. The Bertz CT molecular complexity index is 568. The molecule has 0 aliphatic carbocycles. The van der Waals surface area contributed by atoms with Gasteiger partial charge in [0.1, 0.15) is 0 Å². The summed E-state index contributed by atoms with van der Waals surface area (Å²) >= 11 is 0. The Morgan fingerprint density at radius 1 is 1.10 bits per heavy atom. The summed E-state index contributed by atoms with van der Waals surface area (Å²) in [5.74, 6) is -1.47. The zero-order chi connectivity index (χ0) is 15.6. The van der Waals surface area contributed by atoms with E-state index >= 15 is 0 Å². The largest absolute Gasteiger partial charge is 0.366 e. The molecule has 7 heteroatoms. The van der Waals surface area contributed by atoms with Crippen LogP contribution in [0, 0.1) is 11.8 Å². The molecule has 0 radical (unpaired) electrons. The first-order valence-corrected chi connectivity index (χ1v) is 6.64. The third-order valence-corrected chi connectivity index (χ3v) is 3.62. The number of carbonyl (C=O) groups excluding carboxylic acids is 3. The van der Waals surface area contributed by atoms with Gasteiger partial charge in [0.15, 0.2) is 0 Å². The van der Waals surface area contributed by atoms with Crippen molar-refractivity contribution in [3.05, 3.63) is 29.3 Å². The maximum Gasteiger partial charge on any atom is 0.248 e. The van der Waals surface area contributed by atoms with Crippen LogP contribution in [-0.2, 0) is 4.79 Å². The van der Waals surface area contributed by atoms with Crippen LogP contribution in [0.15, 0.2) is 18.2 Å². The summed E-state index contributed by atoms with van der Waals surface area (Å²) in [6.07, 6.45) is 0. The average Bonchev–Trinajstić information content (AvgIpc) is 2.84. The van der Waals surface area contributed by atoms with Crippen molar-refractivity contribution >= 4 is 23.4 Å². The molecule has 7 nitrogen and oxygen atoms in total. The topological polar surface area (TPSA) is 127 Å². The minimum atomic E-state index is -0.690. The summed E-state index contributed by atoms with van der Waals surface area (Å²) in [6, 6.07) is 4.17. The van der Waals surface area contributed by atoms with E-state index in [9.17, 15) is 14.4 Å². The van der Waals surface area contributed by atoms with E-state index in [0.717, 1.165) is 6.54 Å². The number of rotatable bonds is 4. The van der Waals surface area contributed by atoms with Crippen LogP contribution < -0.4 is 22.1 Å². The Hall–Kier alpha value is -2.41. The van der Waals surface area contributed by atoms with Gasteiger partial charge in [-0.25, -0.2) is 0 Å². The summed E-state index contributed by atoms with van der Waals surface area (Å²) in [5.41, 5.74) is 11.0. The van der Waals surface area contributed by atoms with Crippen LogP contribution in [0.1, 0.15) is 27.6 Å². The molecule has 6 N–H and O–H groups in total. The number of nitrogens with two attached hydrogens (primary N) is 2. The lowest BCUT2D eigenvalue weighted by molar-refractivity contribution is -0.120. The monoisotopic (exact) mass is 290 g/mol. The molecule has 3 amide bonds. The predicted molar refractivity (Wildman–Crippen MR) is 77.6 cm³/mol. The fraction of sp³-hybridized carbons (Fsp3) is 0.357.